The van der Waals surface area contributed by atoms with Crippen molar-refractivity contribution in [2.75, 3.05) is 6.79 Å². The quantitative estimate of drug-likeness (QED) is 0.758. The highest BCUT2D eigenvalue weighted by atomic mass is 19.3. The topological polar surface area (TPSA) is 50.7 Å². The molecule has 0 bridgehead atoms. The maximum atomic E-state index is 12.6. The SMILES string of the molecule is ONCc1cc2c(cc1C(F)F)OCO2. The average Bonchev–Trinajstić information content (AvgIpc) is 2.63. The van der Waals surface area contributed by atoms with Crippen LogP contribution in [-0.2, 0) is 6.54 Å². The molecule has 0 aliphatic carbocycles. The van der Waals surface area contributed by atoms with E-state index >= 15 is 0 Å². The van der Waals surface area contributed by atoms with Gasteiger partial charge in [0.2, 0.25) is 6.79 Å². The molecule has 1 aliphatic rings. The minimum Gasteiger partial charge on any atom is -0.454 e. The highest BCUT2D eigenvalue weighted by molar-refractivity contribution is 5.49. The fourth-order valence-electron chi connectivity index (χ4n) is 1.44. The van der Waals surface area contributed by atoms with E-state index in [-0.39, 0.29) is 24.5 Å². The zero-order valence-corrected chi connectivity index (χ0v) is 7.67. The molecule has 0 saturated carbocycles. The summed E-state index contributed by atoms with van der Waals surface area (Å²) < 4.78 is 35.3. The third-order valence-corrected chi connectivity index (χ3v) is 2.14. The summed E-state index contributed by atoms with van der Waals surface area (Å²) in [7, 11) is 0. The number of benzene rings is 1. The summed E-state index contributed by atoms with van der Waals surface area (Å²) in [6.07, 6.45) is -2.61. The molecule has 1 aliphatic heterocycles. The third kappa shape index (κ3) is 1.86. The number of rotatable bonds is 3. The van der Waals surface area contributed by atoms with Gasteiger partial charge in [-0.15, -0.1) is 0 Å². The molecule has 0 fully saturated rings. The number of hydroxylamine groups is 1. The van der Waals surface area contributed by atoms with E-state index in [1.165, 1.54) is 12.1 Å². The van der Waals surface area contributed by atoms with Crippen molar-refractivity contribution < 1.29 is 23.5 Å². The molecular formula is C9H9F2NO3. The van der Waals surface area contributed by atoms with E-state index in [1.807, 2.05) is 5.48 Å². The van der Waals surface area contributed by atoms with Gasteiger partial charge in [-0.1, -0.05) is 0 Å². The van der Waals surface area contributed by atoms with Gasteiger partial charge in [-0.05, 0) is 17.7 Å². The molecule has 1 aromatic carbocycles. The number of fused-ring (bicyclic) bond motifs is 1. The largest absolute Gasteiger partial charge is 0.454 e. The van der Waals surface area contributed by atoms with E-state index in [9.17, 15) is 8.78 Å². The van der Waals surface area contributed by atoms with Crippen molar-refractivity contribution in [3.05, 3.63) is 23.3 Å². The Bertz CT molecular complexity index is 371. The maximum absolute atomic E-state index is 12.6. The van der Waals surface area contributed by atoms with Gasteiger partial charge in [-0.25, -0.2) is 14.3 Å². The van der Waals surface area contributed by atoms with E-state index < -0.39 is 6.43 Å². The van der Waals surface area contributed by atoms with Gasteiger partial charge in [0.1, 0.15) is 0 Å². The van der Waals surface area contributed by atoms with Crippen molar-refractivity contribution in [1.82, 2.24) is 5.48 Å². The van der Waals surface area contributed by atoms with E-state index in [2.05, 4.69) is 0 Å². The van der Waals surface area contributed by atoms with Crippen LogP contribution in [0.4, 0.5) is 8.78 Å². The van der Waals surface area contributed by atoms with E-state index in [0.29, 0.717) is 11.5 Å². The number of hydrogen-bond donors (Lipinski definition) is 2. The van der Waals surface area contributed by atoms with Crippen molar-refractivity contribution in [3.63, 3.8) is 0 Å². The van der Waals surface area contributed by atoms with Crippen molar-refractivity contribution >= 4 is 0 Å². The number of nitrogens with one attached hydrogen (secondary N) is 1. The summed E-state index contributed by atoms with van der Waals surface area (Å²) in [5.41, 5.74) is 1.96. The van der Waals surface area contributed by atoms with E-state index in [1.54, 1.807) is 0 Å². The monoisotopic (exact) mass is 217 g/mol. The Morgan fingerprint density at radius 1 is 1.33 bits per heavy atom. The van der Waals surface area contributed by atoms with Crippen molar-refractivity contribution in [3.8, 4) is 11.5 Å². The molecular weight excluding hydrogens is 208 g/mol. The van der Waals surface area contributed by atoms with Crippen LogP contribution in [0.1, 0.15) is 17.6 Å². The standard InChI is InChI=1S/C9H9F2NO3/c10-9(11)6-2-8-7(14-4-15-8)1-5(6)3-12-13/h1-2,9,12-13H,3-4H2. The fourth-order valence-corrected chi connectivity index (χ4v) is 1.44. The molecule has 0 amide bonds. The second kappa shape index (κ2) is 4.00. The molecule has 4 nitrogen and oxygen atoms in total. The molecule has 15 heavy (non-hydrogen) atoms. The summed E-state index contributed by atoms with van der Waals surface area (Å²) >= 11 is 0. The van der Waals surface area contributed by atoms with Gasteiger partial charge >= 0.3 is 0 Å². The second-order valence-electron chi connectivity index (χ2n) is 3.04. The summed E-state index contributed by atoms with van der Waals surface area (Å²) in [6.45, 7) is -0.0235. The first-order chi connectivity index (χ1) is 7.22. The predicted molar refractivity (Wildman–Crippen MR) is 46.1 cm³/mol. The number of alkyl halides is 2. The lowest BCUT2D eigenvalue weighted by molar-refractivity contribution is 0.142. The molecule has 0 unspecified atom stereocenters. The molecule has 1 aromatic rings. The zero-order valence-electron chi connectivity index (χ0n) is 7.67. The van der Waals surface area contributed by atoms with Crippen LogP contribution in [0.15, 0.2) is 12.1 Å². The van der Waals surface area contributed by atoms with Gasteiger partial charge in [-0.2, -0.15) is 0 Å². The molecule has 0 saturated heterocycles. The first kappa shape index (κ1) is 10.1. The molecule has 2 rings (SSSR count). The Kier molecular flexibility index (Phi) is 2.70. The summed E-state index contributed by atoms with van der Waals surface area (Å²) in [6, 6.07) is 2.67. The van der Waals surface area contributed by atoms with Gasteiger partial charge in [-0.3, -0.25) is 0 Å². The number of ether oxygens (including phenoxy) is 2. The summed E-state index contributed by atoms with van der Waals surface area (Å²) in [4.78, 5) is 0. The zero-order chi connectivity index (χ0) is 10.8. The van der Waals surface area contributed by atoms with Crippen LogP contribution in [-0.4, -0.2) is 12.0 Å². The van der Waals surface area contributed by atoms with Gasteiger partial charge in [0.15, 0.2) is 11.5 Å². The minimum atomic E-state index is -2.61. The Labute approximate surface area is 84.4 Å². The fraction of sp³-hybridized carbons (Fsp3) is 0.333. The molecule has 0 spiro atoms. The molecule has 0 aromatic heterocycles. The molecule has 82 valence electrons. The maximum Gasteiger partial charge on any atom is 0.264 e. The van der Waals surface area contributed by atoms with Gasteiger partial charge < -0.3 is 14.7 Å². The molecule has 0 radical (unpaired) electrons. The summed E-state index contributed by atoms with van der Waals surface area (Å²) in [5, 5.41) is 8.51. The Balaban J connectivity index is 2.42. The highest BCUT2D eigenvalue weighted by Crippen LogP contribution is 2.37. The van der Waals surface area contributed by atoms with Gasteiger partial charge in [0, 0.05) is 12.1 Å². The lowest BCUT2D eigenvalue weighted by Gasteiger charge is -2.09. The predicted octanol–water partition coefficient (Wildman–Crippen LogP) is 1.83. The van der Waals surface area contributed by atoms with Crippen molar-refractivity contribution in [1.29, 1.82) is 0 Å². The van der Waals surface area contributed by atoms with Crippen LogP contribution >= 0.6 is 0 Å². The minimum absolute atomic E-state index is 0.0357. The van der Waals surface area contributed by atoms with Crippen LogP contribution in [0.5, 0.6) is 11.5 Å². The normalized spacial score (nSPS) is 13.6. The molecule has 6 heteroatoms. The van der Waals surface area contributed by atoms with Crippen LogP contribution in [0.2, 0.25) is 0 Å². The average molecular weight is 217 g/mol. The van der Waals surface area contributed by atoms with E-state index in [0.717, 1.165) is 0 Å². The first-order valence-corrected chi connectivity index (χ1v) is 4.30. The lowest BCUT2D eigenvalue weighted by Crippen LogP contribution is -2.08. The lowest BCUT2D eigenvalue weighted by atomic mass is 10.1. The van der Waals surface area contributed by atoms with Crippen LogP contribution in [0, 0.1) is 0 Å². The molecule has 2 N–H and O–H groups in total. The first-order valence-electron chi connectivity index (χ1n) is 4.30. The molecule has 1 heterocycles. The summed E-state index contributed by atoms with van der Waals surface area (Å²) in [5.74, 6) is 0.733. The van der Waals surface area contributed by atoms with Crippen molar-refractivity contribution in [2.24, 2.45) is 0 Å². The Hall–Kier alpha value is -1.40. The van der Waals surface area contributed by atoms with Crippen LogP contribution < -0.4 is 15.0 Å². The van der Waals surface area contributed by atoms with Gasteiger partial charge in [0.05, 0.1) is 0 Å². The van der Waals surface area contributed by atoms with Gasteiger partial charge in [0.25, 0.3) is 6.43 Å². The van der Waals surface area contributed by atoms with E-state index in [4.69, 9.17) is 14.7 Å². The second-order valence-corrected chi connectivity index (χ2v) is 3.04. The Morgan fingerprint density at radius 2 is 2.00 bits per heavy atom. The van der Waals surface area contributed by atoms with Crippen LogP contribution in [0.3, 0.4) is 0 Å². The third-order valence-electron chi connectivity index (χ3n) is 2.14. The van der Waals surface area contributed by atoms with Crippen molar-refractivity contribution in [2.45, 2.75) is 13.0 Å². The van der Waals surface area contributed by atoms with Crippen LogP contribution in [0.25, 0.3) is 0 Å². The smallest absolute Gasteiger partial charge is 0.264 e. The highest BCUT2D eigenvalue weighted by Gasteiger charge is 2.21. The number of halogens is 2. The Morgan fingerprint density at radius 3 is 2.60 bits per heavy atom. The number of hydrogen-bond acceptors (Lipinski definition) is 4. The molecule has 0 atom stereocenters.